The second kappa shape index (κ2) is 9.41. The molecule has 3 rings (SSSR count). The van der Waals surface area contributed by atoms with E-state index in [0.29, 0.717) is 17.5 Å². The number of hydrogen-bond donors (Lipinski definition) is 2. The number of nitrogens with one attached hydrogen (secondary N) is 2. The lowest BCUT2D eigenvalue weighted by Gasteiger charge is -2.25. The van der Waals surface area contributed by atoms with E-state index in [1.165, 1.54) is 6.42 Å². The van der Waals surface area contributed by atoms with Crippen molar-refractivity contribution in [3.8, 4) is 0 Å². The quantitative estimate of drug-likeness (QED) is 0.583. The molecule has 6 nitrogen and oxygen atoms in total. The first-order chi connectivity index (χ1) is 13.5. The average Bonchev–Trinajstić information content (AvgIpc) is 3.35. The summed E-state index contributed by atoms with van der Waals surface area (Å²) in [6.45, 7) is 11.4. The van der Waals surface area contributed by atoms with Crippen LogP contribution in [-0.2, 0) is 11.3 Å². The van der Waals surface area contributed by atoms with Gasteiger partial charge in [-0.2, -0.15) is 0 Å². The zero-order chi connectivity index (χ0) is 20.0. The molecule has 2 saturated heterocycles. The van der Waals surface area contributed by atoms with Crippen molar-refractivity contribution in [2.24, 2.45) is 10.4 Å². The standard InChI is InChI=1S/C22H34N4O2/c1-4-17(3)25-20(27)19-8-6-7-18(13-19)14-24-21(23-5-2)26-11-9-22(15-26)10-12-28-16-22/h6-8,13,17H,4-5,9-12,14-16H2,1-3H3,(H,23,24)(H,25,27). The molecule has 1 amide bonds. The molecule has 2 aliphatic rings. The Kier molecular flexibility index (Phi) is 6.94. The molecule has 1 spiro atoms. The maximum Gasteiger partial charge on any atom is 0.251 e. The maximum atomic E-state index is 12.4. The first kappa shape index (κ1) is 20.6. The van der Waals surface area contributed by atoms with E-state index in [4.69, 9.17) is 9.73 Å². The van der Waals surface area contributed by atoms with Gasteiger partial charge in [-0.05, 0) is 50.8 Å². The Balaban J connectivity index is 1.66. The summed E-state index contributed by atoms with van der Waals surface area (Å²) in [7, 11) is 0. The molecule has 0 radical (unpaired) electrons. The Labute approximate surface area is 168 Å². The number of carbonyl (C=O) groups excluding carboxylic acids is 1. The normalized spacial score (nSPS) is 23.2. The van der Waals surface area contributed by atoms with Gasteiger partial charge >= 0.3 is 0 Å². The predicted molar refractivity (Wildman–Crippen MR) is 113 cm³/mol. The number of carbonyl (C=O) groups is 1. The number of aliphatic imine (C=N–C) groups is 1. The minimum Gasteiger partial charge on any atom is -0.381 e. The lowest BCUT2D eigenvalue weighted by atomic mass is 9.87. The van der Waals surface area contributed by atoms with Crippen molar-refractivity contribution < 1.29 is 9.53 Å². The third-order valence-electron chi connectivity index (χ3n) is 5.85. The summed E-state index contributed by atoms with van der Waals surface area (Å²) in [5.74, 6) is 0.940. The van der Waals surface area contributed by atoms with Crippen molar-refractivity contribution in [2.45, 2.75) is 52.6 Å². The van der Waals surface area contributed by atoms with Gasteiger partial charge in [0.15, 0.2) is 5.96 Å². The highest BCUT2D eigenvalue weighted by Gasteiger charge is 2.42. The SMILES string of the molecule is CCNC(=NCc1cccc(C(=O)NC(C)CC)c1)N1CCC2(CCOC2)C1. The monoisotopic (exact) mass is 386 g/mol. The van der Waals surface area contributed by atoms with E-state index in [1.807, 2.05) is 31.2 Å². The highest BCUT2D eigenvalue weighted by atomic mass is 16.5. The molecule has 0 bridgehead atoms. The smallest absolute Gasteiger partial charge is 0.251 e. The van der Waals surface area contributed by atoms with Gasteiger partial charge in [-0.15, -0.1) is 0 Å². The molecule has 1 aromatic rings. The second-order valence-corrected chi connectivity index (χ2v) is 8.13. The number of benzene rings is 1. The summed E-state index contributed by atoms with van der Waals surface area (Å²) >= 11 is 0. The Morgan fingerprint density at radius 1 is 1.36 bits per heavy atom. The Hall–Kier alpha value is -2.08. The maximum absolute atomic E-state index is 12.4. The lowest BCUT2D eigenvalue weighted by molar-refractivity contribution is 0.0939. The number of likely N-dealkylation sites (tertiary alicyclic amines) is 1. The first-order valence-corrected chi connectivity index (χ1v) is 10.6. The molecule has 2 aliphatic heterocycles. The third-order valence-corrected chi connectivity index (χ3v) is 5.85. The van der Waals surface area contributed by atoms with Crippen LogP contribution >= 0.6 is 0 Å². The van der Waals surface area contributed by atoms with Gasteiger partial charge in [-0.3, -0.25) is 4.79 Å². The zero-order valence-electron chi connectivity index (χ0n) is 17.5. The molecule has 28 heavy (non-hydrogen) atoms. The van der Waals surface area contributed by atoms with Crippen LogP contribution in [-0.4, -0.2) is 55.7 Å². The molecule has 6 heteroatoms. The molecule has 2 N–H and O–H groups in total. The number of nitrogens with zero attached hydrogens (tertiary/aromatic N) is 2. The summed E-state index contributed by atoms with van der Waals surface area (Å²) in [4.78, 5) is 19.6. The van der Waals surface area contributed by atoms with E-state index >= 15 is 0 Å². The number of rotatable bonds is 6. The van der Waals surface area contributed by atoms with E-state index < -0.39 is 0 Å². The molecule has 0 aliphatic carbocycles. The van der Waals surface area contributed by atoms with Crippen LogP contribution in [0.3, 0.4) is 0 Å². The van der Waals surface area contributed by atoms with Gasteiger partial charge in [0.1, 0.15) is 0 Å². The highest BCUT2D eigenvalue weighted by Crippen LogP contribution is 2.38. The van der Waals surface area contributed by atoms with Crippen molar-refractivity contribution in [1.29, 1.82) is 0 Å². The van der Waals surface area contributed by atoms with Gasteiger partial charge in [0.25, 0.3) is 5.91 Å². The Morgan fingerprint density at radius 2 is 2.21 bits per heavy atom. The van der Waals surface area contributed by atoms with Crippen LogP contribution in [0.2, 0.25) is 0 Å². The van der Waals surface area contributed by atoms with Crippen LogP contribution in [0.5, 0.6) is 0 Å². The van der Waals surface area contributed by atoms with Gasteiger partial charge in [0.05, 0.1) is 13.2 Å². The molecule has 2 heterocycles. The number of amides is 1. The van der Waals surface area contributed by atoms with E-state index in [9.17, 15) is 4.79 Å². The fourth-order valence-electron chi connectivity index (χ4n) is 3.90. The zero-order valence-corrected chi connectivity index (χ0v) is 17.5. The summed E-state index contributed by atoms with van der Waals surface area (Å²) < 4.78 is 5.65. The molecule has 2 atom stereocenters. The van der Waals surface area contributed by atoms with Crippen LogP contribution < -0.4 is 10.6 Å². The minimum atomic E-state index is -0.0187. The molecular weight excluding hydrogens is 352 g/mol. The van der Waals surface area contributed by atoms with Gasteiger partial charge in [-0.1, -0.05) is 19.1 Å². The van der Waals surface area contributed by atoms with Gasteiger partial charge < -0.3 is 20.3 Å². The van der Waals surface area contributed by atoms with Crippen LogP contribution in [0.1, 0.15) is 56.0 Å². The fraction of sp³-hybridized carbons (Fsp3) is 0.636. The molecule has 2 fully saturated rings. The second-order valence-electron chi connectivity index (χ2n) is 8.13. The molecule has 154 valence electrons. The Morgan fingerprint density at radius 3 is 2.93 bits per heavy atom. The first-order valence-electron chi connectivity index (χ1n) is 10.6. The molecule has 0 aromatic heterocycles. The summed E-state index contributed by atoms with van der Waals surface area (Å²) in [6, 6.07) is 7.95. The van der Waals surface area contributed by atoms with Crippen molar-refractivity contribution >= 4 is 11.9 Å². The lowest BCUT2D eigenvalue weighted by Crippen LogP contribution is -2.41. The highest BCUT2D eigenvalue weighted by molar-refractivity contribution is 5.94. The van der Waals surface area contributed by atoms with Crippen molar-refractivity contribution in [1.82, 2.24) is 15.5 Å². The fourth-order valence-corrected chi connectivity index (χ4v) is 3.90. The number of hydrogen-bond acceptors (Lipinski definition) is 3. The van der Waals surface area contributed by atoms with E-state index in [-0.39, 0.29) is 11.9 Å². The minimum absolute atomic E-state index is 0.0187. The third kappa shape index (κ3) is 5.04. The molecule has 1 aromatic carbocycles. The van der Waals surface area contributed by atoms with E-state index in [2.05, 4.69) is 29.4 Å². The molecule has 0 saturated carbocycles. The van der Waals surface area contributed by atoms with Crippen LogP contribution in [0.25, 0.3) is 0 Å². The largest absolute Gasteiger partial charge is 0.381 e. The summed E-state index contributed by atoms with van der Waals surface area (Å²) in [5.41, 5.74) is 2.05. The van der Waals surface area contributed by atoms with Crippen molar-refractivity contribution in [3.05, 3.63) is 35.4 Å². The molecule has 2 unspecified atom stereocenters. The summed E-state index contributed by atoms with van der Waals surface area (Å²) in [6.07, 6.45) is 3.24. The van der Waals surface area contributed by atoms with Crippen molar-refractivity contribution in [2.75, 3.05) is 32.8 Å². The topological polar surface area (TPSA) is 66.0 Å². The van der Waals surface area contributed by atoms with E-state index in [1.54, 1.807) is 0 Å². The van der Waals surface area contributed by atoms with Gasteiger partial charge in [0.2, 0.25) is 0 Å². The van der Waals surface area contributed by atoms with Crippen LogP contribution in [0, 0.1) is 5.41 Å². The van der Waals surface area contributed by atoms with Gasteiger partial charge in [0, 0.05) is 43.3 Å². The van der Waals surface area contributed by atoms with Crippen LogP contribution in [0.4, 0.5) is 0 Å². The number of guanidine groups is 1. The predicted octanol–water partition coefficient (Wildman–Crippen LogP) is 2.79. The summed E-state index contributed by atoms with van der Waals surface area (Å²) in [5, 5.41) is 6.45. The van der Waals surface area contributed by atoms with Gasteiger partial charge in [-0.25, -0.2) is 4.99 Å². The average molecular weight is 387 g/mol. The van der Waals surface area contributed by atoms with E-state index in [0.717, 1.165) is 57.2 Å². The Bertz CT molecular complexity index is 698. The van der Waals surface area contributed by atoms with Crippen LogP contribution in [0.15, 0.2) is 29.3 Å². The number of ether oxygens (including phenoxy) is 1. The van der Waals surface area contributed by atoms with Crippen molar-refractivity contribution in [3.63, 3.8) is 0 Å². The molecular formula is C22H34N4O2.